The Kier molecular flexibility index (Phi) is 3.97. The third-order valence-corrected chi connectivity index (χ3v) is 3.64. The zero-order valence-electron chi connectivity index (χ0n) is 10.3. The van der Waals surface area contributed by atoms with Crippen molar-refractivity contribution in [3.63, 3.8) is 0 Å². The highest BCUT2D eigenvalue weighted by Gasteiger charge is 2.27. The Labute approximate surface area is 102 Å². The van der Waals surface area contributed by atoms with Crippen LogP contribution in [0.15, 0.2) is 18.2 Å². The van der Waals surface area contributed by atoms with Crippen molar-refractivity contribution in [2.45, 2.75) is 31.8 Å². The van der Waals surface area contributed by atoms with E-state index in [1.165, 1.54) is 0 Å². The molecule has 2 rings (SSSR count). The van der Waals surface area contributed by atoms with Gasteiger partial charge in [0.1, 0.15) is 5.82 Å². The highest BCUT2D eigenvalue weighted by atomic mass is 16.3. The SMILES string of the molecule is CC(c1cccc(N)n1)C(O)C1CCNCC1. The Morgan fingerprint density at radius 3 is 2.76 bits per heavy atom. The number of anilines is 1. The first-order chi connectivity index (χ1) is 8.18. The van der Waals surface area contributed by atoms with Crippen LogP contribution in [0, 0.1) is 5.92 Å². The molecule has 0 amide bonds. The van der Waals surface area contributed by atoms with Crippen LogP contribution < -0.4 is 11.1 Å². The second kappa shape index (κ2) is 5.47. The molecule has 4 N–H and O–H groups in total. The van der Waals surface area contributed by atoms with Crippen LogP contribution in [0.2, 0.25) is 0 Å². The van der Waals surface area contributed by atoms with E-state index in [-0.39, 0.29) is 12.0 Å². The van der Waals surface area contributed by atoms with Gasteiger partial charge in [0.15, 0.2) is 0 Å². The number of aliphatic hydroxyl groups is 1. The smallest absolute Gasteiger partial charge is 0.123 e. The summed E-state index contributed by atoms with van der Waals surface area (Å²) in [7, 11) is 0. The van der Waals surface area contributed by atoms with E-state index in [0.29, 0.717) is 11.7 Å². The maximum atomic E-state index is 10.4. The number of hydrogen-bond acceptors (Lipinski definition) is 4. The van der Waals surface area contributed by atoms with Gasteiger partial charge in [0.05, 0.1) is 6.10 Å². The number of nitrogens with one attached hydrogen (secondary N) is 1. The fourth-order valence-electron chi connectivity index (χ4n) is 2.49. The van der Waals surface area contributed by atoms with Gasteiger partial charge in [-0.3, -0.25) is 0 Å². The molecular formula is C13H21N3O. The number of aromatic nitrogens is 1. The molecule has 94 valence electrons. The zero-order chi connectivity index (χ0) is 12.3. The lowest BCUT2D eigenvalue weighted by molar-refractivity contribution is 0.0677. The van der Waals surface area contributed by atoms with Gasteiger partial charge in [0.2, 0.25) is 0 Å². The van der Waals surface area contributed by atoms with Crippen LogP contribution in [0.4, 0.5) is 5.82 Å². The topological polar surface area (TPSA) is 71.2 Å². The van der Waals surface area contributed by atoms with E-state index in [1.54, 1.807) is 6.07 Å². The third kappa shape index (κ3) is 2.96. The average molecular weight is 235 g/mol. The van der Waals surface area contributed by atoms with Crippen LogP contribution >= 0.6 is 0 Å². The largest absolute Gasteiger partial charge is 0.392 e. The molecule has 1 fully saturated rings. The normalized spacial score (nSPS) is 21.1. The highest BCUT2D eigenvalue weighted by Crippen LogP contribution is 2.27. The first-order valence-electron chi connectivity index (χ1n) is 6.29. The Bertz CT molecular complexity index is 363. The second-order valence-electron chi connectivity index (χ2n) is 4.85. The minimum Gasteiger partial charge on any atom is -0.392 e. The quantitative estimate of drug-likeness (QED) is 0.734. The first kappa shape index (κ1) is 12.3. The molecule has 2 heterocycles. The summed E-state index contributed by atoms with van der Waals surface area (Å²) in [6, 6.07) is 5.60. The predicted octanol–water partition coefficient (Wildman–Crippen LogP) is 1.13. The van der Waals surface area contributed by atoms with E-state index in [9.17, 15) is 5.11 Å². The van der Waals surface area contributed by atoms with Crippen molar-refractivity contribution in [2.75, 3.05) is 18.8 Å². The molecule has 0 bridgehead atoms. The molecule has 0 spiro atoms. The van der Waals surface area contributed by atoms with Crippen LogP contribution in [0.3, 0.4) is 0 Å². The average Bonchev–Trinajstić information content (AvgIpc) is 2.38. The number of nitrogen functional groups attached to an aromatic ring is 1. The molecule has 4 nitrogen and oxygen atoms in total. The molecule has 2 atom stereocenters. The van der Waals surface area contributed by atoms with Gasteiger partial charge in [0, 0.05) is 11.6 Å². The summed E-state index contributed by atoms with van der Waals surface area (Å²) < 4.78 is 0. The fourth-order valence-corrected chi connectivity index (χ4v) is 2.49. The number of hydrogen-bond donors (Lipinski definition) is 3. The van der Waals surface area contributed by atoms with Crippen molar-refractivity contribution in [2.24, 2.45) is 5.92 Å². The van der Waals surface area contributed by atoms with Gasteiger partial charge < -0.3 is 16.2 Å². The molecule has 0 saturated carbocycles. The fraction of sp³-hybridized carbons (Fsp3) is 0.615. The van der Waals surface area contributed by atoms with Crippen molar-refractivity contribution in [3.05, 3.63) is 23.9 Å². The molecule has 0 radical (unpaired) electrons. The molecule has 1 aromatic heterocycles. The van der Waals surface area contributed by atoms with E-state index < -0.39 is 0 Å². The number of nitrogens with two attached hydrogens (primary N) is 1. The molecular weight excluding hydrogens is 214 g/mol. The summed E-state index contributed by atoms with van der Waals surface area (Å²) in [6.07, 6.45) is 1.74. The molecule has 1 aliphatic heterocycles. The molecule has 4 heteroatoms. The number of piperidine rings is 1. The van der Waals surface area contributed by atoms with Crippen LogP contribution in [0.5, 0.6) is 0 Å². The highest BCUT2D eigenvalue weighted by molar-refractivity contribution is 5.30. The van der Waals surface area contributed by atoms with Crippen molar-refractivity contribution >= 4 is 5.82 Å². The summed E-state index contributed by atoms with van der Waals surface area (Å²) in [5, 5.41) is 13.7. The minimum atomic E-state index is -0.327. The van der Waals surface area contributed by atoms with Gasteiger partial charge in [0.25, 0.3) is 0 Å². The summed E-state index contributed by atoms with van der Waals surface area (Å²) in [6.45, 7) is 4.02. The van der Waals surface area contributed by atoms with E-state index in [1.807, 2.05) is 19.1 Å². The van der Waals surface area contributed by atoms with Gasteiger partial charge in [-0.05, 0) is 44.0 Å². The minimum absolute atomic E-state index is 0.0431. The molecule has 2 unspecified atom stereocenters. The maximum Gasteiger partial charge on any atom is 0.123 e. The zero-order valence-corrected chi connectivity index (χ0v) is 10.3. The number of pyridine rings is 1. The van der Waals surface area contributed by atoms with E-state index >= 15 is 0 Å². The molecule has 0 aromatic carbocycles. The number of nitrogens with zero attached hydrogens (tertiary/aromatic N) is 1. The Hall–Kier alpha value is -1.13. The van der Waals surface area contributed by atoms with Crippen LogP contribution in [0.25, 0.3) is 0 Å². The van der Waals surface area contributed by atoms with Gasteiger partial charge in [-0.15, -0.1) is 0 Å². The second-order valence-corrected chi connectivity index (χ2v) is 4.85. The van der Waals surface area contributed by atoms with Gasteiger partial charge in [-0.2, -0.15) is 0 Å². The summed E-state index contributed by atoms with van der Waals surface area (Å²) in [5.41, 5.74) is 6.56. The maximum absolute atomic E-state index is 10.4. The molecule has 1 aliphatic rings. The monoisotopic (exact) mass is 235 g/mol. The Balaban J connectivity index is 2.05. The lowest BCUT2D eigenvalue weighted by Gasteiger charge is -2.30. The lowest BCUT2D eigenvalue weighted by Crippen LogP contribution is -2.36. The standard InChI is InChI=1S/C13H21N3O/c1-9(11-3-2-4-12(14)16-11)13(17)10-5-7-15-8-6-10/h2-4,9-10,13,15,17H,5-8H2,1H3,(H2,14,16). The van der Waals surface area contributed by atoms with E-state index in [4.69, 9.17) is 5.73 Å². The number of rotatable bonds is 3. The van der Waals surface area contributed by atoms with Gasteiger partial charge in [-0.25, -0.2) is 4.98 Å². The molecule has 0 aliphatic carbocycles. The lowest BCUT2D eigenvalue weighted by atomic mass is 9.84. The van der Waals surface area contributed by atoms with Crippen LogP contribution in [-0.4, -0.2) is 29.3 Å². The summed E-state index contributed by atoms with van der Waals surface area (Å²) in [4.78, 5) is 4.29. The summed E-state index contributed by atoms with van der Waals surface area (Å²) in [5.74, 6) is 0.933. The number of aliphatic hydroxyl groups excluding tert-OH is 1. The van der Waals surface area contributed by atoms with Crippen molar-refractivity contribution in [1.29, 1.82) is 0 Å². The van der Waals surface area contributed by atoms with Crippen molar-refractivity contribution in [3.8, 4) is 0 Å². The van der Waals surface area contributed by atoms with Gasteiger partial charge >= 0.3 is 0 Å². The van der Waals surface area contributed by atoms with Crippen LogP contribution in [-0.2, 0) is 0 Å². The molecule has 1 aromatic rings. The van der Waals surface area contributed by atoms with Gasteiger partial charge in [-0.1, -0.05) is 13.0 Å². The van der Waals surface area contributed by atoms with Crippen molar-refractivity contribution < 1.29 is 5.11 Å². The molecule has 17 heavy (non-hydrogen) atoms. The van der Waals surface area contributed by atoms with Crippen molar-refractivity contribution in [1.82, 2.24) is 10.3 Å². The first-order valence-corrected chi connectivity index (χ1v) is 6.29. The van der Waals surface area contributed by atoms with E-state index in [2.05, 4.69) is 10.3 Å². The Morgan fingerprint density at radius 2 is 2.12 bits per heavy atom. The Morgan fingerprint density at radius 1 is 1.41 bits per heavy atom. The summed E-state index contributed by atoms with van der Waals surface area (Å²) >= 11 is 0. The predicted molar refractivity (Wildman–Crippen MR) is 68.7 cm³/mol. The third-order valence-electron chi connectivity index (χ3n) is 3.64. The van der Waals surface area contributed by atoms with Crippen LogP contribution in [0.1, 0.15) is 31.4 Å². The molecule has 1 saturated heterocycles. The van der Waals surface area contributed by atoms with E-state index in [0.717, 1.165) is 31.6 Å².